The van der Waals surface area contributed by atoms with Gasteiger partial charge in [-0.1, -0.05) is 41.9 Å². The molecule has 0 N–H and O–H groups in total. The van der Waals surface area contributed by atoms with Gasteiger partial charge in [0.05, 0.1) is 26.0 Å². The van der Waals surface area contributed by atoms with E-state index in [-0.39, 0.29) is 12.3 Å². The molecule has 0 aromatic heterocycles. The summed E-state index contributed by atoms with van der Waals surface area (Å²) in [5.41, 5.74) is 4.18. The van der Waals surface area contributed by atoms with Crippen molar-refractivity contribution in [2.75, 3.05) is 14.2 Å². The minimum atomic E-state index is -0.366. The molecular weight excluding hydrogens is 400 g/mol. The standard InChI is InChI=1S/C24H21ClN2O3/c1-28-22-12-9-16(13-23(22)29-2)24-27-20(18-5-3-4-6-21(18)30-24)14-19(26-27)15-7-10-17(25)11-8-15/h3-13,20,24H,14H2,1-2H3/t20-,24-/m1/s1. The summed E-state index contributed by atoms with van der Waals surface area (Å²) in [5, 5.41) is 7.74. The molecule has 0 saturated heterocycles. The Morgan fingerprint density at radius 3 is 2.50 bits per heavy atom. The van der Waals surface area contributed by atoms with Crippen molar-refractivity contribution >= 4 is 17.3 Å². The van der Waals surface area contributed by atoms with Gasteiger partial charge in [0, 0.05) is 22.6 Å². The highest BCUT2D eigenvalue weighted by molar-refractivity contribution is 6.30. The van der Waals surface area contributed by atoms with Crippen molar-refractivity contribution in [3.63, 3.8) is 0 Å². The van der Waals surface area contributed by atoms with Crippen molar-refractivity contribution in [3.8, 4) is 17.2 Å². The number of para-hydroxylation sites is 1. The zero-order valence-corrected chi connectivity index (χ0v) is 17.5. The molecular formula is C24H21ClN2O3. The summed E-state index contributed by atoms with van der Waals surface area (Å²) in [6.07, 6.45) is 0.431. The smallest absolute Gasteiger partial charge is 0.214 e. The van der Waals surface area contributed by atoms with E-state index in [1.165, 1.54) is 0 Å². The molecule has 3 aromatic carbocycles. The molecule has 2 aliphatic heterocycles. The normalized spacial score (nSPS) is 19.4. The van der Waals surface area contributed by atoms with Crippen LogP contribution in [-0.2, 0) is 0 Å². The van der Waals surface area contributed by atoms with Crippen LogP contribution in [0.25, 0.3) is 0 Å². The van der Waals surface area contributed by atoms with Crippen LogP contribution in [0.4, 0.5) is 0 Å². The molecule has 6 heteroatoms. The molecule has 0 amide bonds. The van der Waals surface area contributed by atoms with Gasteiger partial charge in [-0.05, 0) is 42.0 Å². The number of rotatable bonds is 4. The van der Waals surface area contributed by atoms with Crippen molar-refractivity contribution in [3.05, 3.63) is 88.4 Å². The van der Waals surface area contributed by atoms with Gasteiger partial charge >= 0.3 is 0 Å². The van der Waals surface area contributed by atoms with Crippen LogP contribution in [0.15, 0.2) is 71.8 Å². The summed E-state index contributed by atoms with van der Waals surface area (Å²) >= 11 is 6.07. The van der Waals surface area contributed by atoms with Crippen molar-refractivity contribution < 1.29 is 14.2 Å². The Labute approximate surface area is 180 Å². The fourth-order valence-electron chi connectivity index (χ4n) is 4.08. The third-order valence-corrected chi connectivity index (χ3v) is 5.82. The molecule has 0 radical (unpaired) electrons. The molecule has 30 heavy (non-hydrogen) atoms. The maximum Gasteiger partial charge on any atom is 0.214 e. The Kier molecular flexibility index (Phi) is 4.75. The second-order valence-corrected chi connectivity index (χ2v) is 7.71. The SMILES string of the molecule is COc1ccc([C@H]2Oc3ccccc3[C@H]3CC(c4ccc(Cl)cc4)=NN32)cc1OC. The van der Waals surface area contributed by atoms with Crippen LogP contribution in [0.2, 0.25) is 5.02 Å². The number of ether oxygens (including phenoxy) is 3. The van der Waals surface area contributed by atoms with E-state index in [2.05, 4.69) is 6.07 Å². The number of nitrogens with zero attached hydrogens (tertiary/aromatic N) is 2. The van der Waals surface area contributed by atoms with E-state index in [1.807, 2.05) is 65.7 Å². The number of hydrazone groups is 1. The van der Waals surface area contributed by atoms with Gasteiger partial charge in [0.15, 0.2) is 11.5 Å². The van der Waals surface area contributed by atoms with Crippen LogP contribution in [-0.4, -0.2) is 24.9 Å². The van der Waals surface area contributed by atoms with E-state index in [9.17, 15) is 0 Å². The van der Waals surface area contributed by atoms with E-state index >= 15 is 0 Å². The Hall–Kier alpha value is -3.18. The molecule has 2 heterocycles. The van der Waals surface area contributed by atoms with Crippen LogP contribution in [0.1, 0.15) is 35.4 Å². The van der Waals surface area contributed by atoms with Gasteiger partial charge in [-0.2, -0.15) is 5.10 Å². The first-order valence-electron chi connectivity index (χ1n) is 9.77. The van der Waals surface area contributed by atoms with Crippen molar-refractivity contribution in [2.45, 2.75) is 18.7 Å². The van der Waals surface area contributed by atoms with Crippen LogP contribution in [0.5, 0.6) is 17.2 Å². The molecule has 2 aliphatic rings. The van der Waals surface area contributed by atoms with Crippen LogP contribution >= 0.6 is 11.6 Å². The van der Waals surface area contributed by atoms with Crippen LogP contribution in [0, 0.1) is 0 Å². The number of halogens is 1. The van der Waals surface area contributed by atoms with E-state index in [1.54, 1.807) is 14.2 Å². The summed E-state index contributed by atoms with van der Waals surface area (Å²) in [6.45, 7) is 0. The molecule has 0 aliphatic carbocycles. The lowest BCUT2D eigenvalue weighted by molar-refractivity contribution is -0.0191. The number of fused-ring (bicyclic) bond motifs is 3. The lowest BCUT2D eigenvalue weighted by Gasteiger charge is -2.38. The Bertz CT molecular complexity index is 1110. The highest BCUT2D eigenvalue weighted by atomic mass is 35.5. The topological polar surface area (TPSA) is 43.3 Å². The maximum atomic E-state index is 6.41. The third kappa shape index (κ3) is 3.15. The summed E-state index contributed by atoms with van der Waals surface area (Å²) in [5.74, 6) is 2.22. The van der Waals surface area contributed by atoms with Crippen LogP contribution < -0.4 is 14.2 Å². The van der Waals surface area contributed by atoms with E-state index in [0.717, 1.165) is 34.6 Å². The van der Waals surface area contributed by atoms with E-state index < -0.39 is 0 Å². The van der Waals surface area contributed by atoms with Gasteiger partial charge in [-0.15, -0.1) is 0 Å². The average molecular weight is 421 g/mol. The van der Waals surface area contributed by atoms with Gasteiger partial charge in [0.2, 0.25) is 6.23 Å². The zero-order valence-electron chi connectivity index (χ0n) is 16.7. The van der Waals surface area contributed by atoms with Crippen molar-refractivity contribution in [1.29, 1.82) is 0 Å². The van der Waals surface area contributed by atoms with Gasteiger partial charge in [-0.3, -0.25) is 0 Å². The molecule has 0 spiro atoms. The molecule has 5 nitrogen and oxygen atoms in total. The van der Waals surface area contributed by atoms with Gasteiger partial charge in [0.25, 0.3) is 0 Å². The molecule has 0 saturated carbocycles. The van der Waals surface area contributed by atoms with E-state index in [4.69, 9.17) is 30.9 Å². The Balaban J connectivity index is 1.58. The first kappa shape index (κ1) is 18.8. The summed E-state index contributed by atoms with van der Waals surface area (Å²) in [4.78, 5) is 0. The average Bonchev–Trinajstić information content (AvgIpc) is 3.24. The van der Waals surface area contributed by atoms with Crippen molar-refractivity contribution in [2.24, 2.45) is 5.10 Å². The second-order valence-electron chi connectivity index (χ2n) is 7.28. The number of methoxy groups -OCH3 is 2. The van der Waals surface area contributed by atoms with E-state index in [0.29, 0.717) is 16.5 Å². The highest BCUT2D eigenvalue weighted by Crippen LogP contribution is 2.48. The molecule has 3 aromatic rings. The second kappa shape index (κ2) is 7.58. The lowest BCUT2D eigenvalue weighted by atomic mass is 9.96. The predicted octanol–water partition coefficient (Wildman–Crippen LogP) is 5.60. The number of benzene rings is 3. The number of hydrogen-bond donors (Lipinski definition) is 0. The van der Waals surface area contributed by atoms with Gasteiger partial charge in [0.1, 0.15) is 5.75 Å². The molecule has 152 valence electrons. The lowest BCUT2D eigenvalue weighted by Crippen LogP contribution is -2.33. The van der Waals surface area contributed by atoms with Crippen molar-refractivity contribution in [1.82, 2.24) is 5.01 Å². The Morgan fingerprint density at radius 2 is 1.73 bits per heavy atom. The summed E-state index contributed by atoms with van der Waals surface area (Å²) < 4.78 is 17.3. The van der Waals surface area contributed by atoms with Crippen LogP contribution in [0.3, 0.4) is 0 Å². The summed E-state index contributed by atoms with van der Waals surface area (Å²) in [6, 6.07) is 21.9. The minimum Gasteiger partial charge on any atom is -0.493 e. The molecule has 2 atom stereocenters. The predicted molar refractivity (Wildman–Crippen MR) is 117 cm³/mol. The maximum absolute atomic E-state index is 6.41. The zero-order chi connectivity index (χ0) is 20.7. The van der Waals surface area contributed by atoms with Gasteiger partial charge in [-0.25, -0.2) is 5.01 Å². The first-order chi connectivity index (χ1) is 14.7. The Morgan fingerprint density at radius 1 is 0.967 bits per heavy atom. The largest absolute Gasteiger partial charge is 0.493 e. The monoisotopic (exact) mass is 420 g/mol. The highest BCUT2D eigenvalue weighted by Gasteiger charge is 2.41. The fraction of sp³-hybridized carbons (Fsp3) is 0.208. The molecule has 0 bridgehead atoms. The first-order valence-corrected chi connectivity index (χ1v) is 10.1. The quantitative estimate of drug-likeness (QED) is 0.551. The molecule has 5 rings (SSSR count). The molecule has 0 unspecified atom stereocenters. The molecule has 0 fully saturated rings. The third-order valence-electron chi connectivity index (χ3n) is 5.57. The number of hydrogen-bond acceptors (Lipinski definition) is 5. The van der Waals surface area contributed by atoms with Gasteiger partial charge < -0.3 is 14.2 Å². The minimum absolute atomic E-state index is 0.0960. The summed E-state index contributed by atoms with van der Waals surface area (Å²) in [7, 11) is 3.26. The fourth-order valence-corrected chi connectivity index (χ4v) is 4.20.